The average molecular weight is 340 g/mol. The Morgan fingerprint density at radius 2 is 2.04 bits per heavy atom. The predicted octanol–water partition coefficient (Wildman–Crippen LogP) is 2.92. The molecule has 0 saturated carbocycles. The van der Waals surface area contributed by atoms with Crippen LogP contribution in [0.5, 0.6) is 0 Å². The van der Waals surface area contributed by atoms with E-state index in [0.717, 1.165) is 68.7 Å². The van der Waals surface area contributed by atoms with Crippen molar-refractivity contribution in [3.05, 3.63) is 29.6 Å². The molecule has 1 aromatic carbocycles. The fourth-order valence-electron chi connectivity index (χ4n) is 4.36. The van der Waals surface area contributed by atoms with Gasteiger partial charge in [0.1, 0.15) is 5.82 Å². The molecule has 1 amide bonds. The third-order valence-electron chi connectivity index (χ3n) is 5.75. The number of carbonyl (C=O) groups excluding carboxylic acids is 1. The number of aryl methyl sites for hydroxylation is 1. The van der Waals surface area contributed by atoms with Gasteiger partial charge < -0.3 is 14.8 Å². The number of nitrogens with one attached hydrogen (secondary N) is 1. The molecular formula is C20H28N4O. The number of likely N-dealkylation sites (tertiary alicyclic amines) is 2. The summed E-state index contributed by atoms with van der Waals surface area (Å²) in [6.07, 6.45) is 4.34. The molecule has 0 bridgehead atoms. The summed E-state index contributed by atoms with van der Waals surface area (Å²) in [6, 6.07) is 6.33. The molecule has 134 valence electrons. The lowest BCUT2D eigenvalue weighted by molar-refractivity contribution is -0.138. The van der Waals surface area contributed by atoms with E-state index < -0.39 is 0 Å². The number of aromatic amines is 1. The second-order valence-corrected chi connectivity index (χ2v) is 7.87. The topological polar surface area (TPSA) is 52.2 Å². The number of imidazole rings is 1. The number of carbonyl (C=O) groups is 1. The van der Waals surface area contributed by atoms with E-state index in [0.29, 0.717) is 11.8 Å². The van der Waals surface area contributed by atoms with Crippen molar-refractivity contribution in [1.82, 2.24) is 19.8 Å². The minimum absolute atomic E-state index is 0.177. The number of benzene rings is 1. The summed E-state index contributed by atoms with van der Waals surface area (Å²) in [5.41, 5.74) is 3.37. The molecule has 25 heavy (non-hydrogen) atoms. The van der Waals surface area contributed by atoms with E-state index in [4.69, 9.17) is 4.98 Å². The van der Waals surface area contributed by atoms with Crippen molar-refractivity contribution < 1.29 is 4.79 Å². The zero-order chi connectivity index (χ0) is 17.4. The maximum absolute atomic E-state index is 13.0. The van der Waals surface area contributed by atoms with Gasteiger partial charge >= 0.3 is 0 Å². The summed E-state index contributed by atoms with van der Waals surface area (Å²) in [7, 11) is 2.12. The van der Waals surface area contributed by atoms with Crippen molar-refractivity contribution in [1.29, 1.82) is 0 Å². The first-order chi connectivity index (χ1) is 12.1. The summed E-state index contributed by atoms with van der Waals surface area (Å²) in [6.45, 7) is 5.82. The van der Waals surface area contributed by atoms with E-state index in [2.05, 4.69) is 47.0 Å². The van der Waals surface area contributed by atoms with Crippen molar-refractivity contribution in [2.24, 2.45) is 5.92 Å². The molecule has 5 heteroatoms. The van der Waals surface area contributed by atoms with Crippen molar-refractivity contribution in [2.75, 3.05) is 33.2 Å². The highest BCUT2D eigenvalue weighted by atomic mass is 16.2. The Morgan fingerprint density at radius 1 is 1.20 bits per heavy atom. The van der Waals surface area contributed by atoms with Crippen LogP contribution in [0, 0.1) is 12.8 Å². The van der Waals surface area contributed by atoms with Gasteiger partial charge in [-0.25, -0.2) is 4.98 Å². The molecule has 2 atom stereocenters. The number of hydrogen-bond acceptors (Lipinski definition) is 3. The van der Waals surface area contributed by atoms with Crippen LogP contribution in [0.2, 0.25) is 0 Å². The van der Waals surface area contributed by atoms with Crippen molar-refractivity contribution in [3.8, 4) is 0 Å². The van der Waals surface area contributed by atoms with Gasteiger partial charge in [-0.2, -0.15) is 0 Å². The minimum atomic E-state index is 0.177. The molecule has 5 nitrogen and oxygen atoms in total. The van der Waals surface area contributed by atoms with Crippen LogP contribution in [0.3, 0.4) is 0 Å². The highest BCUT2D eigenvalue weighted by Crippen LogP contribution is 2.29. The molecule has 2 saturated heterocycles. The molecular weight excluding hydrogens is 312 g/mol. The van der Waals surface area contributed by atoms with Crippen LogP contribution in [0.25, 0.3) is 11.0 Å². The molecule has 2 aromatic rings. The second kappa shape index (κ2) is 6.79. The number of nitrogens with zero attached hydrogens (tertiary/aromatic N) is 3. The lowest BCUT2D eigenvalue weighted by Gasteiger charge is -2.37. The maximum Gasteiger partial charge on any atom is 0.226 e. The Morgan fingerprint density at radius 3 is 2.88 bits per heavy atom. The van der Waals surface area contributed by atoms with Gasteiger partial charge in [-0.3, -0.25) is 4.79 Å². The number of piperidine rings is 2. The van der Waals surface area contributed by atoms with E-state index in [1.807, 2.05) is 0 Å². The monoisotopic (exact) mass is 340 g/mol. The first kappa shape index (κ1) is 16.6. The Labute approximate surface area is 149 Å². The molecule has 0 unspecified atom stereocenters. The molecule has 4 rings (SSSR count). The minimum Gasteiger partial charge on any atom is -0.342 e. The SMILES string of the molecule is Cc1ccc2nc([C@@H]3CCCN(C(=O)[C@@H]4CCCN(C)C4)C3)[nH]c2c1. The number of aromatic nitrogens is 2. The standard InChI is InChI=1S/C20H28N4O/c1-14-7-8-17-18(11-14)22-19(21-17)15-5-4-10-24(13-15)20(25)16-6-3-9-23(2)12-16/h7-8,11,15-16H,3-6,9-10,12-13H2,1-2H3,(H,21,22)/t15-,16-/m1/s1. The fourth-order valence-corrected chi connectivity index (χ4v) is 4.36. The van der Waals surface area contributed by atoms with Gasteiger partial charge in [0.2, 0.25) is 5.91 Å². The van der Waals surface area contributed by atoms with Crippen LogP contribution in [0.15, 0.2) is 18.2 Å². The summed E-state index contributed by atoms with van der Waals surface area (Å²) in [5.74, 6) is 1.89. The molecule has 0 radical (unpaired) electrons. The quantitative estimate of drug-likeness (QED) is 0.914. The van der Waals surface area contributed by atoms with Crippen LogP contribution in [-0.4, -0.2) is 58.9 Å². The largest absolute Gasteiger partial charge is 0.342 e. The van der Waals surface area contributed by atoms with Crippen LogP contribution >= 0.6 is 0 Å². The molecule has 2 aliphatic heterocycles. The molecule has 2 aliphatic rings. The van der Waals surface area contributed by atoms with E-state index in [-0.39, 0.29) is 5.92 Å². The van der Waals surface area contributed by atoms with Crippen LogP contribution in [0.1, 0.15) is 43.0 Å². The summed E-state index contributed by atoms with van der Waals surface area (Å²) < 4.78 is 0. The molecule has 2 fully saturated rings. The first-order valence-corrected chi connectivity index (χ1v) is 9.54. The molecule has 0 aliphatic carbocycles. The highest BCUT2D eigenvalue weighted by Gasteiger charge is 2.32. The Balaban J connectivity index is 1.49. The highest BCUT2D eigenvalue weighted by molar-refractivity contribution is 5.79. The Kier molecular flexibility index (Phi) is 4.50. The van der Waals surface area contributed by atoms with E-state index in [9.17, 15) is 4.79 Å². The summed E-state index contributed by atoms with van der Waals surface area (Å²) in [4.78, 5) is 25.6. The fraction of sp³-hybridized carbons (Fsp3) is 0.600. The number of rotatable bonds is 2. The van der Waals surface area contributed by atoms with Crippen molar-refractivity contribution in [3.63, 3.8) is 0 Å². The third kappa shape index (κ3) is 3.43. The maximum atomic E-state index is 13.0. The van der Waals surface area contributed by atoms with Gasteiger partial charge in [0.15, 0.2) is 0 Å². The van der Waals surface area contributed by atoms with Gasteiger partial charge in [0, 0.05) is 25.6 Å². The van der Waals surface area contributed by atoms with Crippen LogP contribution < -0.4 is 0 Å². The number of amides is 1. The van der Waals surface area contributed by atoms with Crippen molar-refractivity contribution in [2.45, 2.75) is 38.5 Å². The Bertz CT molecular complexity index is 768. The zero-order valence-electron chi connectivity index (χ0n) is 15.3. The van der Waals surface area contributed by atoms with Gasteiger partial charge in [-0.15, -0.1) is 0 Å². The van der Waals surface area contributed by atoms with Gasteiger partial charge in [0.25, 0.3) is 0 Å². The smallest absolute Gasteiger partial charge is 0.226 e. The molecule has 1 aromatic heterocycles. The van der Waals surface area contributed by atoms with E-state index >= 15 is 0 Å². The number of H-pyrrole nitrogens is 1. The van der Waals surface area contributed by atoms with Crippen LogP contribution in [0.4, 0.5) is 0 Å². The first-order valence-electron chi connectivity index (χ1n) is 9.54. The van der Waals surface area contributed by atoms with E-state index in [1.165, 1.54) is 5.56 Å². The summed E-state index contributed by atoms with van der Waals surface area (Å²) >= 11 is 0. The number of hydrogen-bond donors (Lipinski definition) is 1. The lowest BCUT2D eigenvalue weighted by atomic mass is 9.93. The third-order valence-corrected chi connectivity index (χ3v) is 5.75. The molecule has 0 spiro atoms. The average Bonchev–Trinajstić information content (AvgIpc) is 3.04. The predicted molar refractivity (Wildman–Crippen MR) is 99.6 cm³/mol. The normalized spacial score (nSPS) is 25.4. The zero-order valence-corrected chi connectivity index (χ0v) is 15.3. The number of fused-ring (bicyclic) bond motifs is 1. The Hall–Kier alpha value is -1.88. The molecule has 3 heterocycles. The lowest BCUT2D eigenvalue weighted by Crippen LogP contribution is -2.46. The van der Waals surface area contributed by atoms with Gasteiger partial charge in [-0.1, -0.05) is 6.07 Å². The van der Waals surface area contributed by atoms with Gasteiger partial charge in [-0.05, 0) is 63.9 Å². The molecule has 1 N–H and O–H groups in total. The summed E-state index contributed by atoms with van der Waals surface area (Å²) in [5, 5.41) is 0. The van der Waals surface area contributed by atoms with E-state index in [1.54, 1.807) is 0 Å². The van der Waals surface area contributed by atoms with Gasteiger partial charge in [0.05, 0.1) is 17.0 Å². The van der Waals surface area contributed by atoms with Crippen molar-refractivity contribution >= 4 is 16.9 Å². The second-order valence-electron chi connectivity index (χ2n) is 7.87. The van der Waals surface area contributed by atoms with Crippen LogP contribution in [-0.2, 0) is 4.79 Å².